The molecule has 1 aromatic rings. The first-order chi connectivity index (χ1) is 8.83. The fourth-order valence-corrected chi connectivity index (χ4v) is 2.59. The Bertz CT molecular complexity index is 371. The third-order valence-corrected chi connectivity index (χ3v) is 3.45. The topological polar surface area (TPSA) is 38.3 Å². The molecule has 1 aromatic carbocycles. The molecule has 3 nitrogen and oxygen atoms in total. The van der Waals surface area contributed by atoms with Crippen LogP contribution in [-0.2, 0) is 9.53 Å². The predicted molar refractivity (Wildman–Crippen MR) is 71.5 cm³/mol. The molecular formula is C15H21NO2. The van der Waals surface area contributed by atoms with Crippen molar-refractivity contribution >= 4 is 5.97 Å². The average molecular weight is 247 g/mol. The van der Waals surface area contributed by atoms with Gasteiger partial charge in [-0.25, -0.2) is 0 Å². The van der Waals surface area contributed by atoms with Crippen LogP contribution in [0.3, 0.4) is 0 Å². The summed E-state index contributed by atoms with van der Waals surface area (Å²) in [6.45, 7) is 3.29. The molecule has 2 rings (SSSR count). The van der Waals surface area contributed by atoms with E-state index in [0.717, 1.165) is 18.5 Å². The fourth-order valence-electron chi connectivity index (χ4n) is 2.59. The van der Waals surface area contributed by atoms with Gasteiger partial charge in [0.05, 0.1) is 12.5 Å². The fraction of sp³-hybridized carbons (Fsp3) is 0.533. The molecule has 3 heteroatoms. The molecule has 1 aliphatic rings. The SMILES string of the molecule is CCOC(=O)[C@@H](c1ccccc1)[C@@H]1CCCCN1. The summed E-state index contributed by atoms with van der Waals surface area (Å²) in [7, 11) is 0. The van der Waals surface area contributed by atoms with E-state index >= 15 is 0 Å². The smallest absolute Gasteiger partial charge is 0.315 e. The zero-order chi connectivity index (χ0) is 12.8. The van der Waals surface area contributed by atoms with Crippen molar-refractivity contribution in [1.82, 2.24) is 5.32 Å². The number of piperidine rings is 1. The highest BCUT2D eigenvalue weighted by atomic mass is 16.5. The minimum atomic E-state index is -0.175. The number of hydrogen-bond donors (Lipinski definition) is 1. The number of rotatable bonds is 4. The third kappa shape index (κ3) is 3.10. The van der Waals surface area contributed by atoms with Gasteiger partial charge < -0.3 is 10.1 Å². The second kappa shape index (κ2) is 6.55. The number of ether oxygens (including phenoxy) is 1. The van der Waals surface area contributed by atoms with E-state index in [1.165, 1.54) is 12.8 Å². The van der Waals surface area contributed by atoms with Crippen LogP contribution in [0.1, 0.15) is 37.7 Å². The molecule has 0 unspecified atom stereocenters. The number of benzene rings is 1. The predicted octanol–water partition coefficient (Wildman–Crippen LogP) is 2.48. The van der Waals surface area contributed by atoms with E-state index in [0.29, 0.717) is 6.61 Å². The summed E-state index contributed by atoms with van der Waals surface area (Å²) >= 11 is 0. The lowest BCUT2D eigenvalue weighted by atomic mass is 9.86. The summed E-state index contributed by atoms with van der Waals surface area (Å²) < 4.78 is 5.23. The quantitative estimate of drug-likeness (QED) is 0.831. The van der Waals surface area contributed by atoms with Crippen molar-refractivity contribution in [2.24, 2.45) is 0 Å². The number of hydrogen-bond acceptors (Lipinski definition) is 3. The highest BCUT2D eigenvalue weighted by Crippen LogP contribution is 2.26. The number of carbonyl (C=O) groups excluding carboxylic acids is 1. The Kier molecular flexibility index (Phi) is 4.76. The van der Waals surface area contributed by atoms with Crippen molar-refractivity contribution in [1.29, 1.82) is 0 Å². The van der Waals surface area contributed by atoms with Gasteiger partial charge in [-0.05, 0) is 31.9 Å². The summed E-state index contributed by atoms with van der Waals surface area (Å²) in [6, 6.07) is 10.2. The van der Waals surface area contributed by atoms with Gasteiger partial charge in [0, 0.05) is 6.04 Å². The van der Waals surface area contributed by atoms with Crippen molar-refractivity contribution in [3.8, 4) is 0 Å². The highest BCUT2D eigenvalue weighted by molar-refractivity contribution is 5.79. The lowest BCUT2D eigenvalue weighted by Crippen LogP contribution is -2.42. The van der Waals surface area contributed by atoms with Gasteiger partial charge in [0.1, 0.15) is 0 Å². The lowest BCUT2D eigenvalue weighted by molar-refractivity contribution is -0.145. The second-order valence-corrected chi connectivity index (χ2v) is 4.70. The zero-order valence-corrected chi connectivity index (χ0v) is 10.9. The molecule has 0 amide bonds. The summed E-state index contributed by atoms with van der Waals surface area (Å²) in [6.07, 6.45) is 3.42. The summed E-state index contributed by atoms with van der Waals surface area (Å²) in [5, 5.41) is 3.46. The Morgan fingerprint density at radius 2 is 2.17 bits per heavy atom. The Balaban J connectivity index is 2.19. The maximum atomic E-state index is 12.2. The van der Waals surface area contributed by atoms with Gasteiger partial charge >= 0.3 is 5.97 Å². The minimum Gasteiger partial charge on any atom is -0.465 e. The van der Waals surface area contributed by atoms with Crippen LogP contribution >= 0.6 is 0 Å². The summed E-state index contributed by atoms with van der Waals surface area (Å²) in [5.74, 6) is -0.283. The molecule has 0 bridgehead atoms. The van der Waals surface area contributed by atoms with E-state index in [2.05, 4.69) is 5.32 Å². The summed E-state index contributed by atoms with van der Waals surface area (Å²) in [5.41, 5.74) is 1.05. The molecular weight excluding hydrogens is 226 g/mol. The molecule has 18 heavy (non-hydrogen) atoms. The van der Waals surface area contributed by atoms with E-state index in [-0.39, 0.29) is 17.9 Å². The molecule has 2 atom stereocenters. The van der Waals surface area contributed by atoms with Gasteiger partial charge in [-0.2, -0.15) is 0 Å². The second-order valence-electron chi connectivity index (χ2n) is 4.70. The van der Waals surface area contributed by atoms with Crippen LogP contribution in [0.2, 0.25) is 0 Å². The molecule has 0 spiro atoms. The Labute approximate surface area is 109 Å². The van der Waals surface area contributed by atoms with Crippen LogP contribution in [0.25, 0.3) is 0 Å². The van der Waals surface area contributed by atoms with Crippen LogP contribution in [0.15, 0.2) is 30.3 Å². The molecule has 1 fully saturated rings. The van der Waals surface area contributed by atoms with Crippen LogP contribution in [0.5, 0.6) is 0 Å². The summed E-state index contributed by atoms with van der Waals surface area (Å²) in [4.78, 5) is 12.2. The monoisotopic (exact) mass is 247 g/mol. The molecule has 0 aliphatic carbocycles. The van der Waals surface area contributed by atoms with Crippen molar-refractivity contribution in [2.75, 3.05) is 13.2 Å². The van der Waals surface area contributed by atoms with Crippen molar-refractivity contribution in [3.05, 3.63) is 35.9 Å². The Morgan fingerprint density at radius 3 is 2.78 bits per heavy atom. The first-order valence-corrected chi connectivity index (χ1v) is 6.78. The number of nitrogens with one attached hydrogen (secondary N) is 1. The van der Waals surface area contributed by atoms with Gasteiger partial charge in [-0.1, -0.05) is 36.8 Å². The van der Waals surface area contributed by atoms with Crippen molar-refractivity contribution in [3.63, 3.8) is 0 Å². The maximum Gasteiger partial charge on any atom is 0.315 e. The molecule has 1 aliphatic heterocycles. The van der Waals surface area contributed by atoms with Crippen LogP contribution in [-0.4, -0.2) is 25.2 Å². The number of esters is 1. The Morgan fingerprint density at radius 1 is 1.39 bits per heavy atom. The van der Waals surface area contributed by atoms with E-state index in [1.54, 1.807) is 0 Å². The first-order valence-electron chi connectivity index (χ1n) is 6.78. The highest BCUT2D eigenvalue weighted by Gasteiger charge is 2.31. The van der Waals surface area contributed by atoms with Crippen molar-refractivity contribution < 1.29 is 9.53 Å². The lowest BCUT2D eigenvalue weighted by Gasteiger charge is -2.30. The van der Waals surface area contributed by atoms with Gasteiger partial charge in [-0.3, -0.25) is 4.79 Å². The minimum absolute atomic E-state index is 0.108. The van der Waals surface area contributed by atoms with Gasteiger partial charge in [0.15, 0.2) is 0 Å². The zero-order valence-electron chi connectivity index (χ0n) is 10.9. The molecule has 1 heterocycles. The van der Waals surface area contributed by atoms with Gasteiger partial charge in [-0.15, -0.1) is 0 Å². The molecule has 0 radical (unpaired) electrons. The molecule has 1 saturated heterocycles. The van der Waals surface area contributed by atoms with Gasteiger partial charge in [0.2, 0.25) is 0 Å². The molecule has 98 valence electrons. The molecule has 0 aromatic heterocycles. The van der Waals surface area contributed by atoms with Crippen LogP contribution in [0.4, 0.5) is 0 Å². The van der Waals surface area contributed by atoms with Gasteiger partial charge in [0.25, 0.3) is 0 Å². The molecule has 1 N–H and O–H groups in total. The standard InChI is InChI=1S/C15H21NO2/c1-2-18-15(17)14(12-8-4-3-5-9-12)13-10-6-7-11-16-13/h3-5,8-9,13-14,16H,2,6-7,10-11H2,1H3/t13-,14-/m0/s1. The maximum absolute atomic E-state index is 12.2. The molecule has 0 saturated carbocycles. The van der Waals surface area contributed by atoms with E-state index in [1.807, 2.05) is 37.3 Å². The normalized spacial score (nSPS) is 21.3. The van der Waals surface area contributed by atoms with Crippen LogP contribution in [0, 0.1) is 0 Å². The average Bonchev–Trinajstić information content (AvgIpc) is 2.42. The van der Waals surface area contributed by atoms with E-state index < -0.39 is 0 Å². The van der Waals surface area contributed by atoms with Crippen LogP contribution < -0.4 is 5.32 Å². The largest absolute Gasteiger partial charge is 0.465 e. The van der Waals surface area contributed by atoms with E-state index in [4.69, 9.17) is 4.74 Å². The van der Waals surface area contributed by atoms with Crippen molar-refractivity contribution in [2.45, 2.75) is 38.1 Å². The van der Waals surface area contributed by atoms with E-state index in [9.17, 15) is 4.79 Å². The number of carbonyl (C=O) groups is 1. The third-order valence-electron chi connectivity index (χ3n) is 3.45. The first kappa shape index (κ1) is 13.1. The Hall–Kier alpha value is -1.35.